The molecule has 1 N–H and O–H groups in total. The van der Waals surface area contributed by atoms with Gasteiger partial charge in [-0.15, -0.1) is 11.3 Å². The zero-order chi connectivity index (χ0) is 11.4. The van der Waals surface area contributed by atoms with Crippen molar-refractivity contribution in [3.05, 3.63) is 52.5 Å². The Labute approximate surface area is 100 Å². The first-order chi connectivity index (χ1) is 7.77. The van der Waals surface area contributed by atoms with Gasteiger partial charge in [-0.3, -0.25) is 4.98 Å². The van der Waals surface area contributed by atoms with E-state index in [1.54, 1.807) is 17.5 Å². The van der Waals surface area contributed by atoms with E-state index >= 15 is 0 Å². The van der Waals surface area contributed by atoms with Crippen molar-refractivity contribution in [3.8, 4) is 0 Å². The maximum Gasteiger partial charge on any atom is 0.0391 e. The molecule has 0 bridgehead atoms. The fraction of sp³-hybridized carbons (Fsp3) is 0.308. The molecule has 2 nitrogen and oxygen atoms in total. The lowest BCUT2D eigenvalue weighted by molar-refractivity contribution is 0.499. The normalized spacial score (nSPS) is 14.6. The lowest BCUT2D eigenvalue weighted by Crippen LogP contribution is -2.21. The molecule has 2 aromatic heterocycles. The number of nitrogens with one attached hydrogen (secondary N) is 1. The van der Waals surface area contributed by atoms with Crippen molar-refractivity contribution in [1.29, 1.82) is 0 Å². The van der Waals surface area contributed by atoms with Gasteiger partial charge in [-0.05, 0) is 36.9 Å². The molecule has 0 aliphatic rings. The van der Waals surface area contributed by atoms with Crippen molar-refractivity contribution in [2.75, 3.05) is 0 Å². The van der Waals surface area contributed by atoms with Gasteiger partial charge in [-0.2, -0.15) is 0 Å². The molecule has 0 aromatic carbocycles. The largest absolute Gasteiger partial charge is 0.303 e. The van der Waals surface area contributed by atoms with Crippen molar-refractivity contribution in [2.45, 2.75) is 25.9 Å². The minimum absolute atomic E-state index is 0.325. The van der Waals surface area contributed by atoms with Crippen LogP contribution in [-0.4, -0.2) is 4.98 Å². The summed E-state index contributed by atoms with van der Waals surface area (Å²) in [6.07, 6.45) is 3.72. The van der Waals surface area contributed by atoms with Gasteiger partial charge >= 0.3 is 0 Å². The first kappa shape index (κ1) is 11.3. The number of rotatable bonds is 4. The van der Waals surface area contributed by atoms with Crippen LogP contribution in [0.1, 0.15) is 36.4 Å². The van der Waals surface area contributed by atoms with Crippen LogP contribution in [-0.2, 0) is 0 Å². The smallest absolute Gasteiger partial charge is 0.0391 e. The molecule has 2 atom stereocenters. The molecular formula is C13H16N2S. The fourth-order valence-electron chi connectivity index (χ4n) is 1.72. The molecule has 0 aliphatic heterocycles. The van der Waals surface area contributed by atoms with Crippen LogP contribution in [0.25, 0.3) is 0 Å². The van der Waals surface area contributed by atoms with Crippen LogP contribution in [0.15, 0.2) is 42.0 Å². The molecule has 2 rings (SSSR count). The number of aromatic nitrogens is 1. The topological polar surface area (TPSA) is 24.9 Å². The molecule has 0 spiro atoms. The monoisotopic (exact) mass is 232 g/mol. The highest BCUT2D eigenvalue weighted by Crippen LogP contribution is 2.22. The second-order valence-corrected chi connectivity index (χ2v) is 4.89. The summed E-state index contributed by atoms with van der Waals surface area (Å²) in [6.45, 7) is 4.36. The standard InChI is InChI=1S/C13H16N2S/c1-10(12-5-3-7-14-9-12)15-11(2)13-6-4-8-16-13/h3-11,15H,1-2H3/t10-,11?/m1/s1. The van der Waals surface area contributed by atoms with Gasteiger partial charge in [0.1, 0.15) is 0 Å². The highest BCUT2D eigenvalue weighted by Gasteiger charge is 2.11. The van der Waals surface area contributed by atoms with Gasteiger partial charge in [0.2, 0.25) is 0 Å². The minimum atomic E-state index is 0.325. The number of nitrogens with zero attached hydrogens (tertiary/aromatic N) is 1. The summed E-state index contributed by atoms with van der Waals surface area (Å²) < 4.78 is 0. The van der Waals surface area contributed by atoms with Gasteiger partial charge in [0.25, 0.3) is 0 Å². The van der Waals surface area contributed by atoms with Gasteiger partial charge in [0, 0.05) is 29.4 Å². The summed E-state index contributed by atoms with van der Waals surface area (Å²) in [5.41, 5.74) is 1.23. The summed E-state index contributed by atoms with van der Waals surface area (Å²) in [6, 6.07) is 9.04. The lowest BCUT2D eigenvalue weighted by atomic mass is 10.1. The van der Waals surface area contributed by atoms with Gasteiger partial charge in [0.15, 0.2) is 0 Å². The number of thiophene rings is 1. The minimum Gasteiger partial charge on any atom is -0.303 e. The van der Waals surface area contributed by atoms with Crippen LogP contribution in [0.2, 0.25) is 0 Å². The molecule has 0 saturated carbocycles. The average Bonchev–Trinajstić information content (AvgIpc) is 2.83. The van der Waals surface area contributed by atoms with E-state index < -0.39 is 0 Å². The molecule has 0 aliphatic carbocycles. The second kappa shape index (κ2) is 5.23. The van der Waals surface area contributed by atoms with Crippen LogP contribution in [0.3, 0.4) is 0 Å². The molecule has 0 saturated heterocycles. The number of hydrogen-bond acceptors (Lipinski definition) is 3. The van der Waals surface area contributed by atoms with E-state index in [1.807, 2.05) is 12.3 Å². The van der Waals surface area contributed by atoms with Crippen molar-refractivity contribution >= 4 is 11.3 Å². The predicted octanol–water partition coefficient (Wildman–Crippen LogP) is 3.55. The Morgan fingerprint density at radius 2 is 2.06 bits per heavy atom. The molecule has 2 heterocycles. The van der Waals surface area contributed by atoms with Crippen molar-refractivity contribution in [3.63, 3.8) is 0 Å². The van der Waals surface area contributed by atoms with E-state index in [2.05, 4.69) is 47.7 Å². The average molecular weight is 232 g/mol. The molecule has 0 radical (unpaired) electrons. The van der Waals surface area contributed by atoms with Crippen LogP contribution < -0.4 is 5.32 Å². The van der Waals surface area contributed by atoms with Gasteiger partial charge in [-0.25, -0.2) is 0 Å². The molecule has 3 heteroatoms. The first-order valence-electron chi connectivity index (χ1n) is 5.46. The summed E-state index contributed by atoms with van der Waals surface area (Å²) >= 11 is 1.79. The third-order valence-electron chi connectivity index (χ3n) is 2.65. The Morgan fingerprint density at radius 1 is 1.19 bits per heavy atom. The van der Waals surface area contributed by atoms with E-state index in [0.29, 0.717) is 12.1 Å². The Hall–Kier alpha value is -1.19. The van der Waals surface area contributed by atoms with E-state index in [1.165, 1.54) is 10.4 Å². The molecule has 16 heavy (non-hydrogen) atoms. The quantitative estimate of drug-likeness (QED) is 0.872. The van der Waals surface area contributed by atoms with Crippen molar-refractivity contribution in [2.24, 2.45) is 0 Å². The Kier molecular flexibility index (Phi) is 3.70. The van der Waals surface area contributed by atoms with Crippen molar-refractivity contribution in [1.82, 2.24) is 10.3 Å². The predicted molar refractivity (Wildman–Crippen MR) is 68.5 cm³/mol. The highest BCUT2D eigenvalue weighted by molar-refractivity contribution is 7.10. The van der Waals surface area contributed by atoms with Crippen LogP contribution >= 0.6 is 11.3 Å². The molecule has 84 valence electrons. The third kappa shape index (κ3) is 2.68. The first-order valence-corrected chi connectivity index (χ1v) is 6.34. The summed E-state index contributed by atoms with van der Waals surface area (Å²) in [7, 11) is 0. The third-order valence-corrected chi connectivity index (χ3v) is 3.71. The lowest BCUT2D eigenvalue weighted by Gasteiger charge is -2.19. The highest BCUT2D eigenvalue weighted by atomic mass is 32.1. The van der Waals surface area contributed by atoms with E-state index in [9.17, 15) is 0 Å². The molecule has 0 fully saturated rings. The maximum atomic E-state index is 4.14. The van der Waals surface area contributed by atoms with Gasteiger partial charge in [-0.1, -0.05) is 12.1 Å². The van der Waals surface area contributed by atoms with E-state index in [-0.39, 0.29) is 0 Å². The van der Waals surface area contributed by atoms with Crippen LogP contribution in [0.4, 0.5) is 0 Å². The Bertz CT molecular complexity index is 411. The SMILES string of the molecule is CC(N[C@H](C)c1cccnc1)c1cccs1. The number of pyridine rings is 1. The molecular weight excluding hydrogens is 216 g/mol. The van der Waals surface area contributed by atoms with E-state index in [0.717, 1.165) is 0 Å². The molecule has 0 amide bonds. The zero-order valence-electron chi connectivity index (χ0n) is 9.55. The van der Waals surface area contributed by atoms with Crippen LogP contribution in [0, 0.1) is 0 Å². The molecule has 1 unspecified atom stereocenters. The van der Waals surface area contributed by atoms with Gasteiger partial charge < -0.3 is 5.32 Å². The second-order valence-electron chi connectivity index (χ2n) is 3.91. The van der Waals surface area contributed by atoms with E-state index in [4.69, 9.17) is 0 Å². The maximum absolute atomic E-state index is 4.14. The summed E-state index contributed by atoms with van der Waals surface area (Å²) in [5.74, 6) is 0. The summed E-state index contributed by atoms with van der Waals surface area (Å²) in [4.78, 5) is 5.51. The molecule has 2 aromatic rings. The number of hydrogen-bond donors (Lipinski definition) is 1. The Morgan fingerprint density at radius 3 is 2.69 bits per heavy atom. The van der Waals surface area contributed by atoms with Crippen LogP contribution in [0.5, 0.6) is 0 Å². The zero-order valence-corrected chi connectivity index (χ0v) is 10.4. The fourth-order valence-corrected chi connectivity index (χ4v) is 2.47. The summed E-state index contributed by atoms with van der Waals surface area (Å²) in [5, 5.41) is 5.68. The van der Waals surface area contributed by atoms with Gasteiger partial charge in [0.05, 0.1) is 0 Å². The van der Waals surface area contributed by atoms with Crippen molar-refractivity contribution < 1.29 is 0 Å². The Balaban J connectivity index is 2.00.